The first-order chi connectivity index (χ1) is 14.4. The maximum atomic E-state index is 5.56. The Hall–Kier alpha value is -0.430. The van der Waals surface area contributed by atoms with Crippen molar-refractivity contribution < 1.29 is 9.05 Å². The molecular formula is C26H49O2P. The lowest BCUT2D eigenvalue weighted by atomic mass is 10.1. The van der Waals surface area contributed by atoms with Crippen LogP contribution < -0.4 is 0 Å². The minimum atomic E-state index is 0.256. The molecule has 0 atom stereocenters. The van der Waals surface area contributed by atoms with Gasteiger partial charge < -0.3 is 9.05 Å². The van der Waals surface area contributed by atoms with E-state index in [2.05, 4.69) is 13.8 Å². The predicted octanol–water partition coefficient (Wildman–Crippen LogP) is 9.50. The summed E-state index contributed by atoms with van der Waals surface area (Å²) in [6.45, 7) is 6.30. The third-order valence-electron chi connectivity index (χ3n) is 4.98. The van der Waals surface area contributed by atoms with E-state index in [9.17, 15) is 0 Å². The summed E-state index contributed by atoms with van der Waals surface area (Å²) in [5.41, 5.74) is 0. The summed E-state index contributed by atoms with van der Waals surface area (Å²) in [7, 11) is 0.256. The first kappa shape index (κ1) is 28.6. The molecule has 0 heterocycles. The number of rotatable bonds is 20. The number of hydrogen-bond acceptors (Lipinski definition) is 2. The van der Waals surface area contributed by atoms with Crippen LogP contribution in [0.25, 0.3) is 0 Å². The van der Waals surface area contributed by atoms with E-state index >= 15 is 0 Å². The Labute approximate surface area is 184 Å². The SMILES string of the molecule is CCCCCCCCCCOPOCCCCCCCCCC.c1ccccc1. The van der Waals surface area contributed by atoms with Crippen molar-refractivity contribution in [1.82, 2.24) is 0 Å². The number of benzene rings is 1. The van der Waals surface area contributed by atoms with Gasteiger partial charge in [-0.1, -0.05) is 140 Å². The monoisotopic (exact) mass is 424 g/mol. The topological polar surface area (TPSA) is 18.5 Å². The average molecular weight is 425 g/mol. The first-order valence-corrected chi connectivity index (χ1v) is 13.2. The molecule has 0 N–H and O–H groups in total. The summed E-state index contributed by atoms with van der Waals surface area (Å²) in [6.07, 6.45) is 21.7. The van der Waals surface area contributed by atoms with Gasteiger partial charge in [-0.2, -0.15) is 0 Å². The van der Waals surface area contributed by atoms with E-state index in [4.69, 9.17) is 9.05 Å². The summed E-state index contributed by atoms with van der Waals surface area (Å²) in [5.74, 6) is 0. The van der Waals surface area contributed by atoms with E-state index in [1.807, 2.05) is 36.4 Å². The second-order valence-corrected chi connectivity index (χ2v) is 8.63. The van der Waals surface area contributed by atoms with Crippen molar-refractivity contribution in [2.45, 2.75) is 117 Å². The van der Waals surface area contributed by atoms with E-state index in [1.165, 1.54) is 103 Å². The zero-order chi connectivity index (χ0) is 21.1. The van der Waals surface area contributed by atoms with Crippen molar-refractivity contribution >= 4 is 9.03 Å². The Bertz CT molecular complexity index is 326. The van der Waals surface area contributed by atoms with E-state index in [1.54, 1.807) is 0 Å². The summed E-state index contributed by atoms with van der Waals surface area (Å²) in [5, 5.41) is 0. The van der Waals surface area contributed by atoms with Gasteiger partial charge in [0, 0.05) is 0 Å². The third-order valence-corrected chi connectivity index (χ3v) is 5.63. The Morgan fingerprint density at radius 1 is 0.414 bits per heavy atom. The average Bonchev–Trinajstić information content (AvgIpc) is 2.77. The molecule has 0 amide bonds. The van der Waals surface area contributed by atoms with Gasteiger partial charge in [-0.3, -0.25) is 0 Å². The molecule has 29 heavy (non-hydrogen) atoms. The van der Waals surface area contributed by atoms with Crippen molar-refractivity contribution in [2.75, 3.05) is 13.2 Å². The molecule has 2 nitrogen and oxygen atoms in total. The molecule has 0 aliphatic carbocycles. The molecule has 1 aromatic rings. The summed E-state index contributed by atoms with van der Waals surface area (Å²) >= 11 is 0. The van der Waals surface area contributed by atoms with Crippen LogP contribution in [0.2, 0.25) is 0 Å². The molecule has 0 aliphatic heterocycles. The molecular weight excluding hydrogens is 375 g/mol. The summed E-state index contributed by atoms with van der Waals surface area (Å²) < 4.78 is 11.1. The van der Waals surface area contributed by atoms with Crippen LogP contribution >= 0.6 is 9.03 Å². The fraction of sp³-hybridized carbons (Fsp3) is 0.769. The maximum absolute atomic E-state index is 5.56. The lowest BCUT2D eigenvalue weighted by Gasteiger charge is -2.05. The Kier molecular flexibility index (Phi) is 27.2. The van der Waals surface area contributed by atoms with Crippen molar-refractivity contribution in [2.24, 2.45) is 0 Å². The third kappa shape index (κ3) is 27.6. The molecule has 0 saturated heterocycles. The highest BCUT2D eigenvalue weighted by molar-refractivity contribution is 7.26. The van der Waals surface area contributed by atoms with Crippen LogP contribution in [0.5, 0.6) is 0 Å². The lowest BCUT2D eigenvalue weighted by molar-refractivity contribution is 0.256. The highest BCUT2D eigenvalue weighted by Gasteiger charge is 1.94. The van der Waals surface area contributed by atoms with Crippen LogP contribution in [0.1, 0.15) is 117 Å². The minimum Gasteiger partial charge on any atom is -0.336 e. The van der Waals surface area contributed by atoms with Crippen LogP contribution in [0.4, 0.5) is 0 Å². The van der Waals surface area contributed by atoms with Gasteiger partial charge in [0.05, 0.1) is 13.2 Å². The summed E-state index contributed by atoms with van der Waals surface area (Å²) in [4.78, 5) is 0. The van der Waals surface area contributed by atoms with Crippen molar-refractivity contribution in [1.29, 1.82) is 0 Å². The second-order valence-electron chi connectivity index (χ2n) is 7.88. The van der Waals surface area contributed by atoms with Gasteiger partial charge >= 0.3 is 0 Å². The molecule has 1 rings (SSSR count). The molecule has 0 aliphatic rings. The second kappa shape index (κ2) is 27.6. The molecule has 0 unspecified atom stereocenters. The largest absolute Gasteiger partial charge is 0.336 e. The van der Waals surface area contributed by atoms with Gasteiger partial charge in [0.15, 0.2) is 9.03 Å². The molecule has 0 saturated carbocycles. The molecule has 0 spiro atoms. The Morgan fingerprint density at radius 3 is 1.00 bits per heavy atom. The predicted molar refractivity (Wildman–Crippen MR) is 132 cm³/mol. The number of unbranched alkanes of at least 4 members (excludes halogenated alkanes) is 14. The van der Waals surface area contributed by atoms with Crippen LogP contribution in [0.15, 0.2) is 36.4 Å². The first-order valence-electron chi connectivity index (χ1n) is 12.4. The van der Waals surface area contributed by atoms with Crippen molar-refractivity contribution in [3.63, 3.8) is 0 Å². The zero-order valence-corrected chi connectivity index (χ0v) is 20.5. The molecule has 0 aromatic heterocycles. The minimum absolute atomic E-state index is 0.256. The van der Waals surface area contributed by atoms with Gasteiger partial charge in [-0.25, -0.2) is 0 Å². The maximum Gasteiger partial charge on any atom is 0.155 e. The molecule has 170 valence electrons. The van der Waals surface area contributed by atoms with Gasteiger partial charge in [0.1, 0.15) is 0 Å². The van der Waals surface area contributed by atoms with Crippen LogP contribution in [0.3, 0.4) is 0 Å². The van der Waals surface area contributed by atoms with Gasteiger partial charge in [-0.05, 0) is 12.8 Å². The smallest absolute Gasteiger partial charge is 0.155 e. The molecule has 0 bridgehead atoms. The van der Waals surface area contributed by atoms with Crippen LogP contribution in [-0.2, 0) is 9.05 Å². The fourth-order valence-corrected chi connectivity index (χ4v) is 3.66. The zero-order valence-electron chi connectivity index (χ0n) is 19.5. The van der Waals surface area contributed by atoms with Gasteiger partial charge in [0.2, 0.25) is 0 Å². The van der Waals surface area contributed by atoms with Gasteiger partial charge in [-0.15, -0.1) is 0 Å². The molecule has 3 heteroatoms. The van der Waals surface area contributed by atoms with Crippen LogP contribution in [0, 0.1) is 0 Å². The van der Waals surface area contributed by atoms with E-state index in [0.717, 1.165) is 13.2 Å². The summed E-state index contributed by atoms with van der Waals surface area (Å²) in [6, 6.07) is 12.0. The Balaban J connectivity index is 0.00000110. The highest BCUT2D eigenvalue weighted by atomic mass is 31.1. The standard InChI is InChI=1S/C20H43O2P.C6H6/c1-3-5-7-9-11-13-15-17-19-21-23-22-20-18-16-14-12-10-8-6-4-2;1-2-4-6-5-3-1/h23H,3-20H2,1-2H3;1-6H. The normalized spacial score (nSPS) is 10.6. The molecule has 0 radical (unpaired) electrons. The fourth-order valence-electron chi connectivity index (χ4n) is 3.13. The highest BCUT2D eigenvalue weighted by Crippen LogP contribution is 2.17. The Morgan fingerprint density at radius 2 is 0.690 bits per heavy atom. The number of hydrogen-bond donors (Lipinski definition) is 0. The van der Waals surface area contributed by atoms with Crippen LogP contribution in [-0.4, -0.2) is 13.2 Å². The van der Waals surface area contributed by atoms with Crippen molar-refractivity contribution in [3.8, 4) is 0 Å². The van der Waals surface area contributed by atoms with E-state index < -0.39 is 0 Å². The van der Waals surface area contributed by atoms with Crippen molar-refractivity contribution in [3.05, 3.63) is 36.4 Å². The molecule has 0 fully saturated rings. The lowest BCUT2D eigenvalue weighted by Crippen LogP contribution is -1.90. The quantitative estimate of drug-likeness (QED) is 0.153. The van der Waals surface area contributed by atoms with E-state index in [0.29, 0.717) is 0 Å². The van der Waals surface area contributed by atoms with Gasteiger partial charge in [0.25, 0.3) is 0 Å². The molecule has 1 aromatic carbocycles. The van der Waals surface area contributed by atoms with E-state index in [-0.39, 0.29) is 9.03 Å².